The molecule has 4 rings (SSSR count). The highest BCUT2D eigenvalue weighted by atomic mass is 19.2. The van der Waals surface area contributed by atoms with Gasteiger partial charge in [-0.15, -0.1) is 0 Å². The molecule has 2 heterocycles. The predicted octanol–water partition coefficient (Wildman–Crippen LogP) is 3.97. The number of halogens is 2. The number of piperazine rings is 1. The number of hydrogen-bond donors (Lipinski definition) is 1. The third-order valence-corrected chi connectivity index (χ3v) is 5.43. The zero-order chi connectivity index (χ0) is 22.7. The molecule has 2 amide bonds. The monoisotopic (exact) mass is 442 g/mol. The van der Waals surface area contributed by atoms with Crippen LogP contribution < -0.4 is 15.0 Å². The van der Waals surface area contributed by atoms with Crippen molar-refractivity contribution in [1.82, 2.24) is 15.2 Å². The summed E-state index contributed by atoms with van der Waals surface area (Å²) in [5.41, 5.74) is 2.32. The summed E-state index contributed by atoms with van der Waals surface area (Å²) < 4.78 is 37.5. The van der Waals surface area contributed by atoms with E-state index >= 15 is 0 Å². The largest absolute Gasteiger partial charge is 0.496 e. The van der Waals surface area contributed by atoms with Crippen LogP contribution in [-0.2, 0) is 6.54 Å². The van der Waals surface area contributed by atoms with Crippen LogP contribution in [0.4, 0.5) is 19.3 Å². The molecule has 1 aromatic heterocycles. The molecule has 0 unspecified atom stereocenters. The molecule has 7 nitrogen and oxygen atoms in total. The summed E-state index contributed by atoms with van der Waals surface area (Å²) in [7, 11) is 1.61. The highest BCUT2D eigenvalue weighted by molar-refractivity contribution is 5.75. The number of aryl methyl sites for hydroxylation is 1. The SMILES string of the molecule is COc1cc(N2CCN(C(=O)NCc3ccc(F)c(F)c3)CC2)ccc1-c1cnc(C)o1. The molecule has 32 heavy (non-hydrogen) atoms. The summed E-state index contributed by atoms with van der Waals surface area (Å²) in [6.45, 7) is 4.31. The van der Waals surface area contributed by atoms with Crippen LogP contribution in [0, 0.1) is 18.6 Å². The molecule has 0 radical (unpaired) electrons. The van der Waals surface area contributed by atoms with Crippen molar-refractivity contribution in [3.63, 3.8) is 0 Å². The van der Waals surface area contributed by atoms with Crippen LogP contribution in [0.3, 0.4) is 0 Å². The van der Waals surface area contributed by atoms with Crippen molar-refractivity contribution in [3.05, 3.63) is 65.7 Å². The fourth-order valence-electron chi connectivity index (χ4n) is 3.67. The topological polar surface area (TPSA) is 70.8 Å². The second kappa shape index (κ2) is 9.25. The lowest BCUT2D eigenvalue weighted by Gasteiger charge is -2.36. The molecular formula is C23H24F2N4O3. The van der Waals surface area contributed by atoms with E-state index < -0.39 is 11.6 Å². The number of rotatable bonds is 5. The predicted molar refractivity (Wildman–Crippen MR) is 116 cm³/mol. The van der Waals surface area contributed by atoms with Gasteiger partial charge in [0.15, 0.2) is 23.3 Å². The van der Waals surface area contributed by atoms with Gasteiger partial charge in [0.2, 0.25) is 0 Å². The molecular weight excluding hydrogens is 418 g/mol. The normalized spacial score (nSPS) is 13.9. The molecule has 0 atom stereocenters. The Kier molecular flexibility index (Phi) is 6.25. The number of aromatic nitrogens is 1. The van der Waals surface area contributed by atoms with Gasteiger partial charge >= 0.3 is 6.03 Å². The van der Waals surface area contributed by atoms with Crippen LogP contribution in [0.2, 0.25) is 0 Å². The molecule has 1 saturated heterocycles. The zero-order valence-electron chi connectivity index (χ0n) is 17.9. The number of carbonyl (C=O) groups excluding carboxylic acids is 1. The summed E-state index contributed by atoms with van der Waals surface area (Å²) in [4.78, 5) is 20.5. The quantitative estimate of drug-likeness (QED) is 0.648. The maximum atomic E-state index is 13.3. The van der Waals surface area contributed by atoms with Gasteiger partial charge in [-0.05, 0) is 29.8 Å². The van der Waals surface area contributed by atoms with Crippen LogP contribution in [0.25, 0.3) is 11.3 Å². The molecule has 0 bridgehead atoms. The van der Waals surface area contributed by atoms with E-state index in [1.807, 2.05) is 18.2 Å². The van der Waals surface area contributed by atoms with Gasteiger partial charge in [-0.25, -0.2) is 18.6 Å². The minimum atomic E-state index is -0.926. The number of carbonyl (C=O) groups is 1. The number of methoxy groups -OCH3 is 1. The maximum absolute atomic E-state index is 13.3. The van der Waals surface area contributed by atoms with E-state index in [4.69, 9.17) is 9.15 Å². The van der Waals surface area contributed by atoms with Crippen LogP contribution >= 0.6 is 0 Å². The summed E-state index contributed by atoms with van der Waals surface area (Å²) >= 11 is 0. The summed E-state index contributed by atoms with van der Waals surface area (Å²) in [6.07, 6.45) is 1.67. The van der Waals surface area contributed by atoms with Crippen LogP contribution in [0.15, 0.2) is 47.0 Å². The Bertz CT molecular complexity index is 1110. The van der Waals surface area contributed by atoms with E-state index in [0.717, 1.165) is 23.4 Å². The van der Waals surface area contributed by atoms with Crippen molar-refractivity contribution in [2.75, 3.05) is 38.2 Å². The smallest absolute Gasteiger partial charge is 0.317 e. The maximum Gasteiger partial charge on any atom is 0.317 e. The Morgan fingerprint density at radius 3 is 2.56 bits per heavy atom. The number of nitrogens with zero attached hydrogens (tertiary/aromatic N) is 3. The average Bonchev–Trinajstić information content (AvgIpc) is 3.25. The lowest BCUT2D eigenvalue weighted by atomic mass is 10.1. The standard InChI is InChI=1S/C23H24F2N4O3/c1-15-26-14-22(32-15)18-5-4-17(12-21(18)31-2)28-7-9-29(10-8-28)23(30)27-13-16-3-6-19(24)20(25)11-16/h3-6,11-12,14H,7-10,13H2,1-2H3,(H,27,30). The summed E-state index contributed by atoms with van der Waals surface area (Å²) in [5.74, 6) is 0.0888. The number of nitrogens with one attached hydrogen (secondary N) is 1. The number of benzene rings is 2. The molecule has 1 fully saturated rings. The first kappa shape index (κ1) is 21.6. The minimum Gasteiger partial charge on any atom is -0.496 e. The second-order valence-electron chi connectivity index (χ2n) is 7.51. The van der Waals surface area contributed by atoms with Crippen molar-refractivity contribution in [2.45, 2.75) is 13.5 Å². The fourth-order valence-corrected chi connectivity index (χ4v) is 3.67. The molecule has 0 aliphatic carbocycles. The number of ether oxygens (including phenoxy) is 1. The van der Waals surface area contributed by atoms with Crippen molar-refractivity contribution >= 4 is 11.7 Å². The summed E-state index contributed by atoms with van der Waals surface area (Å²) in [6, 6.07) is 9.25. The van der Waals surface area contributed by atoms with Gasteiger partial charge < -0.3 is 24.3 Å². The second-order valence-corrected chi connectivity index (χ2v) is 7.51. The minimum absolute atomic E-state index is 0.135. The van der Waals surface area contributed by atoms with Crippen molar-refractivity contribution in [2.24, 2.45) is 0 Å². The fraction of sp³-hybridized carbons (Fsp3) is 0.304. The Balaban J connectivity index is 1.34. The lowest BCUT2D eigenvalue weighted by molar-refractivity contribution is 0.194. The van der Waals surface area contributed by atoms with E-state index in [1.165, 1.54) is 6.07 Å². The van der Waals surface area contributed by atoms with Gasteiger partial charge in [0.05, 0.1) is 18.9 Å². The Morgan fingerprint density at radius 1 is 1.12 bits per heavy atom. The van der Waals surface area contributed by atoms with Crippen LogP contribution in [-0.4, -0.2) is 49.2 Å². The number of amides is 2. The van der Waals surface area contributed by atoms with Gasteiger partial charge in [0.25, 0.3) is 0 Å². The number of hydrogen-bond acceptors (Lipinski definition) is 5. The van der Waals surface area contributed by atoms with Gasteiger partial charge in [-0.2, -0.15) is 0 Å². The van der Waals surface area contributed by atoms with Crippen molar-refractivity contribution < 1.29 is 22.7 Å². The van der Waals surface area contributed by atoms with Gasteiger partial charge in [-0.3, -0.25) is 0 Å². The molecule has 0 spiro atoms. The molecule has 1 N–H and O–H groups in total. The van der Waals surface area contributed by atoms with E-state index in [9.17, 15) is 13.6 Å². The lowest BCUT2D eigenvalue weighted by Crippen LogP contribution is -2.51. The summed E-state index contributed by atoms with van der Waals surface area (Å²) in [5, 5.41) is 2.76. The number of urea groups is 1. The Morgan fingerprint density at radius 2 is 1.91 bits per heavy atom. The molecule has 1 aliphatic heterocycles. The van der Waals surface area contributed by atoms with E-state index in [1.54, 1.807) is 25.1 Å². The molecule has 2 aromatic carbocycles. The Hall–Kier alpha value is -3.62. The first-order valence-electron chi connectivity index (χ1n) is 10.3. The number of anilines is 1. The van der Waals surface area contributed by atoms with Crippen molar-refractivity contribution in [1.29, 1.82) is 0 Å². The van der Waals surface area contributed by atoms with Crippen LogP contribution in [0.1, 0.15) is 11.5 Å². The van der Waals surface area contributed by atoms with Gasteiger partial charge in [0.1, 0.15) is 5.75 Å². The molecule has 168 valence electrons. The highest BCUT2D eigenvalue weighted by Crippen LogP contribution is 2.34. The first-order chi connectivity index (χ1) is 15.4. The molecule has 9 heteroatoms. The van der Waals surface area contributed by atoms with E-state index in [0.29, 0.717) is 49.1 Å². The van der Waals surface area contributed by atoms with Gasteiger partial charge in [-0.1, -0.05) is 6.07 Å². The van der Waals surface area contributed by atoms with E-state index in [2.05, 4.69) is 15.2 Å². The highest BCUT2D eigenvalue weighted by Gasteiger charge is 2.22. The van der Waals surface area contributed by atoms with Crippen LogP contribution in [0.5, 0.6) is 5.75 Å². The zero-order valence-corrected chi connectivity index (χ0v) is 17.9. The molecule has 1 aliphatic rings. The number of oxazole rings is 1. The van der Waals surface area contributed by atoms with Crippen molar-refractivity contribution in [3.8, 4) is 17.1 Å². The third kappa shape index (κ3) is 4.66. The molecule has 0 saturated carbocycles. The average molecular weight is 442 g/mol. The molecule has 3 aromatic rings. The van der Waals surface area contributed by atoms with E-state index in [-0.39, 0.29) is 12.6 Å². The Labute approximate surface area is 184 Å². The third-order valence-electron chi connectivity index (χ3n) is 5.43. The van der Waals surface area contributed by atoms with Gasteiger partial charge in [0, 0.05) is 51.4 Å². The first-order valence-corrected chi connectivity index (χ1v) is 10.3.